The molecule has 5 rings (SSSR count). The van der Waals surface area contributed by atoms with Gasteiger partial charge in [0.15, 0.2) is 0 Å². The zero-order valence-electron chi connectivity index (χ0n) is 13.7. The van der Waals surface area contributed by atoms with Crippen LogP contribution in [0.15, 0.2) is 78.9 Å². The third kappa shape index (κ3) is 2.35. The molecule has 0 aliphatic carbocycles. The van der Waals surface area contributed by atoms with Crippen molar-refractivity contribution in [2.75, 3.05) is 0 Å². The summed E-state index contributed by atoms with van der Waals surface area (Å²) in [7, 11) is 0. The maximum absolute atomic E-state index is 6.21. The molecule has 0 aliphatic heterocycles. The molecule has 0 aliphatic rings. The molecule has 0 fully saturated rings. The Bertz CT molecular complexity index is 1230. The lowest BCUT2D eigenvalue weighted by atomic mass is 10.1. The Labute approximate surface area is 154 Å². The van der Waals surface area contributed by atoms with Crippen molar-refractivity contribution in [2.45, 2.75) is 0 Å². The summed E-state index contributed by atoms with van der Waals surface area (Å²) in [6, 6.07) is 25.8. The number of hydrogen-bond donors (Lipinski definition) is 0. The fraction of sp³-hybridized carbons (Fsp3) is 0. The predicted octanol–water partition coefficient (Wildman–Crippen LogP) is 5.26. The molecule has 2 heterocycles. The minimum Gasteiger partial charge on any atom is -0.244 e. The normalized spacial score (nSPS) is 11.3. The first-order valence-electron chi connectivity index (χ1n) is 8.27. The highest BCUT2D eigenvalue weighted by Gasteiger charge is 2.18. The van der Waals surface area contributed by atoms with E-state index in [1.54, 1.807) is 0 Å². The molecule has 0 bridgehead atoms. The highest BCUT2D eigenvalue weighted by molar-refractivity contribution is 6.31. The topological polar surface area (TPSA) is 43.1 Å². The van der Waals surface area contributed by atoms with E-state index in [1.807, 2.05) is 83.4 Å². The van der Waals surface area contributed by atoms with Crippen LogP contribution in [-0.2, 0) is 0 Å². The Balaban J connectivity index is 1.94. The van der Waals surface area contributed by atoms with Crippen LogP contribution in [0.4, 0.5) is 0 Å². The minimum atomic E-state index is 0.643. The summed E-state index contributed by atoms with van der Waals surface area (Å²) in [6.45, 7) is 0. The summed E-state index contributed by atoms with van der Waals surface area (Å²) in [4.78, 5) is 4.91. The number of benzene rings is 3. The van der Waals surface area contributed by atoms with E-state index in [4.69, 9.17) is 16.6 Å². The second-order valence-corrected chi connectivity index (χ2v) is 6.46. The van der Waals surface area contributed by atoms with Gasteiger partial charge in [0, 0.05) is 16.1 Å². The molecule has 0 N–H and O–H groups in total. The number of fused-ring (bicyclic) bond motifs is 3. The third-order valence-corrected chi connectivity index (χ3v) is 4.62. The molecule has 0 radical (unpaired) electrons. The van der Waals surface area contributed by atoms with Crippen molar-refractivity contribution in [3.05, 3.63) is 83.9 Å². The average molecular weight is 357 g/mol. The van der Waals surface area contributed by atoms with Gasteiger partial charge in [-0.15, -0.1) is 5.10 Å². The second kappa shape index (κ2) is 5.93. The second-order valence-electron chi connectivity index (χ2n) is 6.02. The largest absolute Gasteiger partial charge is 0.244 e. The molecule has 0 saturated carbocycles. The van der Waals surface area contributed by atoms with E-state index in [2.05, 4.69) is 10.3 Å². The Hall–Kier alpha value is -3.24. The summed E-state index contributed by atoms with van der Waals surface area (Å²) in [5.74, 6) is 0. The van der Waals surface area contributed by atoms with Gasteiger partial charge >= 0.3 is 0 Å². The van der Waals surface area contributed by atoms with Gasteiger partial charge in [-0.3, -0.25) is 0 Å². The third-order valence-electron chi connectivity index (χ3n) is 4.39. The summed E-state index contributed by atoms with van der Waals surface area (Å²) >= 11 is 6.21. The highest BCUT2D eigenvalue weighted by atomic mass is 35.5. The molecule has 0 amide bonds. The van der Waals surface area contributed by atoms with Crippen LogP contribution in [0.2, 0.25) is 5.02 Å². The van der Waals surface area contributed by atoms with Gasteiger partial charge in [0.1, 0.15) is 11.2 Å². The van der Waals surface area contributed by atoms with Gasteiger partial charge in [-0.05, 0) is 18.2 Å². The Morgan fingerprint density at radius 3 is 2.08 bits per heavy atom. The van der Waals surface area contributed by atoms with Gasteiger partial charge in [-0.2, -0.15) is 0 Å². The van der Waals surface area contributed by atoms with Crippen molar-refractivity contribution in [2.24, 2.45) is 0 Å². The molecule has 0 spiro atoms. The summed E-state index contributed by atoms with van der Waals surface area (Å²) in [5.41, 5.74) is 6.21. The number of aromatic nitrogens is 4. The molecule has 3 aromatic carbocycles. The van der Waals surface area contributed by atoms with Crippen molar-refractivity contribution in [3.63, 3.8) is 0 Å². The number of halogens is 1. The smallest absolute Gasteiger partial charge is 0.123 e. The molecule has 2 aromatic heterocycles. The Morgan fingerprint density at radius 2 is 1.38 bits per heavy atom. The lowest BCUT2D eigenvalue weighted by Crippen LogP contribution is -1.97. The number of rotatable bonds is 2. The summed E-state index contributed by atoms with van der Waals surface area (Å²) in [6.07, 6.45) is 0. The average Bonchev–Trinajstić information content (AvgIpc) is 3.14. The maximum atomic E-state index is 6.21. The van der Waals surface area contributed by atoms with Crippen LogP contribution < -0.4 is 0 Å². The Morgan fingerprint density at radius 1 is 0.731 bits per heavy atom. The van der Waals surface area contributed by atoms with Crippen LogP contribution in [0.5, 0.6) is 0 Å². The van der Waals surface area contributed by atoms with Crippen molar-refractivity contribution in [3.8, 4) is 22.5 Å². The van der Waals surface area contributed by atoms with E-state index in [-0.39, 0.29) is 0 Å². The lowest BCUT2D eigenvalue weighted by Gasteiger charge is -2.09. The van der Waals surface area contributed by atoms with Crippen molar-refractivity contribution < 1.29 is 0 Å². The first-order valence-corrected chi connectivity index (χ1v) is 8.64. The molecule has 0 unspecified atom stereocenters. The van der Waals surface area contributed by atoms with Gasteiger partial charge in [0.25, 0.3) is 0 Å². The van der Waals surface area contributed by atoms with Crippen molar-refractivity contribution >= 4 is 28.2 Å². The standard InChI is InChI=1S/C21H13ClN4/c22-16-11-12-17-18(13-16)26-21(19(23-17)14-7-3-1-4-8-14)20(24-25-26)15-9-5-2-6-10-15/h1-13H. The molecular weight excluding hydrogens is 344 g/mol. The molecular formula is C21H13ClN4. The van der Waals surface area contributed by atoms with Crippen LogP contribution in [-0.4, -0.2) is 19.8 Å². The van der Waals surface area contributed by atoms with E-state index in [0.717, 1.165) is 39.1 Å². The highest BCUT2D eigenvalue weighted by Crippen LogP contribution is 2.33. The SMILES string of the molecule is Clc1ccc2nc(-c3ccccc3)c3c(-c4ccccc4)nnn3c2c1. The van der Waals surface area contributed by atoms with Gasteiger partial charge < -0.3 is 0 Å². The van der Waals surface area contributed by atoms with Crippen LogP contribution in [0.25, 0.3) is 39.1 Å². The maximum Gasteiger partial charge on any atom is 0.123 e. The van der Waals surface area contributed by atoms with Gasteiger partial charge in [-0.25, -0.2) is 9.50 Å². The first kappa shape index (κ1) is 15.0. The fourth-order valence-corrected chi connectivity index (χ4v) is 3.35. The number of hydrogen-bond acceptors (Lipinski definition) is 3. The van der Waals surface area contributed by atoms with E-state index in [1.165, 1.54) is 0 Å². The predicted molar refractivity (Wildman–Crippen MR) is 104 cm³/mol. The van der Waals surface area contributed by atoms with Gasteiger partial charge in [0.05, 0.1) is 16.7 Å². The quantitative estimate of drug-likeness (QED) is 0.433. The molecule has 5 aromatic rings. The monoisotopic (exact) mass is 356 g/mol. The fourth-order valence-electron chi connectivity index (χ4n) is 3.18. The molecule has 5 heteroatoms. The van der Waals surface area contributed by atoms with Gasteiger partial charge in [-0.1, -0.05) is 77.5 Å². The minimum absolute atomic E-state index is 0.643. The molecule has 0 saturated heterocycles. The Kier molecular flexibility index (Phi) is 3.43. The summed E-state index contributed by atoms with van der Waals surface area (Å²) < 4.78 is 1.83. The van der Waals surface area contributed by atoms with Crippen LogP contribution >= 0.6 is 11.6 Å². The van der Waals surface area contributed by atoms with E-state index >= 15 is 0 Å². The van der Waals surface area contributed by atoms with E-state index in [0.29, 0.717) is 5.02 Å². The molecule has 4 nitrogen and oxygen atoms in total. The van der Waals surface area contributed by atoms with Crippen molar-refractivity contribution in [1.82, 2.24) is 19.8 Å². The van der Waals surface area contributed by atoms with Crippen LogP contribution in [0.1, 0.15) is 0 Å². The molecule has 124 valence electrons. The first-order chi connectivity index (χ1) is 12.8. The molecule has 26 heavy (non-hydrogen) atoms. The van der Waals surface area contributed by atoms with Gasteiger partial charge in [0.2, 0.25) is 0 Å². The summed E-state index contributed by atoms with van der Waals surface area (Å²) in [5, 5.41) is 9.52. The van der Waals surface area contributed by atoms with E-state index < -0.39 is 0 Å². The molecule has 0 atom stereocenters. The lowest BCUT2D eigenvalue weighted by molar-refractivity contribution is 0.881. The number of nitrogens with zero attached hydrogens (tertiary/aromatic N) is 4. The van der Waals surface area contributed by atoms with Crippen LogP contribution in [0.3, 0.4) is 0 Å². The zero-order valence-corrected chi connectivity index (χ0v) is 14.4. The van der Waals surface area contributed by atoms with Crippen LogP contribution in [0, 0.1) is 0 Å². The van der Waals surface area contributed by atoms with E-state index in [9.17, 15) is 0 Å². The van der Waals surface area contributed by atoms with Crippen molar-refractivity contribution in [1.29, 1.82) is 0 Å². The zero-order chi connectivity index (χ0) is 17.5.